The lowest BCUT2D eigenvalue weighted by Crippen LogP contribution is -2.49. The van der Waals surface area contributed by atoms with Crippen molar-refractivity contribution in [3.63, 3.8) is 0 Å². The van der Waals surface area contributed by atoms with Gasteiger partial charge < -0.3 is 15.1 Å². The number of benzene rings is 1. The fourth-order valence-corrected chi connectivity index (χ4v) is 3.01. The molecular weight excluding hydrogens is 346 g/mol. The van der Waals surface area contributed by atoms with Gasteiger partial charge in [0.1, 0.15) is 17.4 Å². The lowest BCUT2D eigenvalue weighted by atomic mass is 10.1. The number of nitriles is 1. The van der Waals surface area contributed by atoms with Crippen LogP contribution < -0.4 is 0 Å². The molecule has 1 fully saturated rings. The van der Waals surface area contributed by atoms with E-state index >= 15 is 0 Å². The fourth-order valence-electron chi connectivity index (χ4n) is 3.01. The number of phenolic OH excluding ortho intramolecular Hbond substituents is 1. The molecule has 0 unspecified atom stereocenters. The number of piperazine rings is 1. The molecule has 2 N–H and O–H groups in total. The summed E-state index contributed by atoms with van der Waals surface area (Å²) in [5.74, 6) is -0.890. The summed E-state index contributed by atoms with van der Waals surface area (Å²) < 4.78 is 0. The first-order valence-corrected chi connectivity index (χ1v) is 9.14. The van der Waals surface area contributed by atoms with Crippen molar-refractivity contribution >= 4 is 18.0 Å². The summed E-state index contributed by atoms with van der Waals surface area (Å²) in [4.78, 5) is 27.0. The fraction of sp³-hybridized carbons (Fsp3) is 0.450. The molecule has 1 aliphatic heterocycles. The van der Waals surface area contributed by atoms with E-state index in [9.17, 15) is 20.0 Å². The SMILES string of the molecule is N#C/C(=C/c1ccc(O)cc1)C(=O)N1CCN(CCCCCC(=O)O)CC1. The van der Waals surface area contributed by atoms with Crippen molar-refractivity contribution in [2.24, 2.45) is 0 Å². The Morgan fingerprint density at radius 3 is 2.33 bits per heavy atom. The van der Waals surface area contributed by atoms with Gasteiger partial charge >= 0.3 is 5.97 Å². The largest absolute Gasteiger partial charge is 0.508 e. The lowest BCUT2D eigenvalue weighted by Gasteiger charge is -2.34. The predicted octanol–water partition coefficient (Wildman–Crippen LogP) is 2.09. The van der Waals surface area contributed by atoms with Gasteiger partial charge in [-0.3, -0.25) is 14.5 Å². The van der Waals surface area contributed by atoms with Gasteiger partial charge in [-0.25, -0.2) is 0 Å². The Hall–Kier alpha value is -2.85. The van der Waals surface area contributed by atoms with Crippen LogP contribution >= 0.6 is 0 Å². The average molecular weight is 371 g/mol. The second-order valence-corrected chi connectivity index (χ2v) is 6.60. The minimum atomic E-state index is -0.754. The molecule has 7 nitrogen and oxygen atoms in total. The van der Waals surface area contributed by atoms with Gasteiger partial charge in [0.25, 0.3) is 5.91 Å². The molecule has 0 aromatic heterocycles. The number of hydrogen-bond acceptors (Lipinski definition) is 5. The van der Waals surface area contributed by atoms with E-state index in [1.807, 2.05) is 6.07 Å². The molecular formula is C20H25N3O4. The number of carboxylic acid groups (broad SMARTS) is 1. The van der Waals surface area contributed by atoms with Crippen LogP contribution in [0.25, 0.3) is 6.08 Å². The van der Waals surface area contributed by atoms with Crippen LogP contribution in [0.2, 0.25) is 0 Å². The van der Waals surface area contributed by atoms with E-state index in [2.05, 4.69) is 4.90 Å². The number of amides is 1. The number of carboxylic acids is 1. The molecule has 0 saturated carbocycles. The Bertz CT molecular complexity index is 714. The van der Waals surface area contributed by atoms with E-state index in [0.717, 1.165) is 32.5 Å². The maximum Gasteiger partial charge on any atom is 0.303 e. The Kier molecular flexibility index (Phi) is 7.83. The van der Waals surface area contributed by atoms with E-state index in [1.54, 1.807) is 17.0 Å². The summed E-state index contributed by atoms with van der Waals surface area (Å²) in [6.45, 7) is 3.55. The molecule has 1 aromatic carbocycles. The van der Waals surface area contributed by atoms with E-state index in [4.69, 9.17) is 5.11 Å². The van der Waals surface area contributed by atoms with Crippen LogP contribution in [0.4, 0.5) is 0 Å². The Balaban J connectivity index is 1.80. The number of nitrogens with zero attached hydrogens (tertiary/aromatic N) is 3. The molecule has 1 aromatic rings. The van der Waals surface area contributed by atoms with Gasteiger partial charge in [-0.15, -0.1) is 0 Å². The summed E-state index contributed by atoms with van der Waals surface area (Å²) in [7, 11) is 0. The molecule has 27 heavy (non-hydrogen) atoms. The highest BCUT2D eigenvalue weighted by Crippen LogP contribution is 2.15. The molecule has 7 heteroatoms. The van der Waals surface area contributed by atoms with Gasteiger partial charge in [0.15, 0.2) is 0 Å². The van der Waals surface area contributed by atoms with Crippen molar-refractivity contribution in [2.75, 3.05) is 32.7 Å². The Morgan fingerprint density at radius 2 is 1.74 bits per heavy atom. The third-order valence-corrected chi connectivity index (χ3v) is 4.58. The van der Waals surface area contributed by atoms with Crippen LogP contribution in [0, 0.1) is 11.3 Å². The number of carbonyl (C=O) groups excluding carboxylic acids is 1. The van der Waals surface area contributed by atoms with Gasteiger partial charge in [0, 0.05) is 32.6 Å². The van der Waals surface area contributed by atoms with Gasteiger partial charge in [-0.1, -0.05) is 18.6 Å². The second-order valence-electron chi connectivity index (χ2n) is 6.60. The molecule has 144 valence electrons. The first-order valence-electron chi connectivity index (χ1n) is 9.14. The van der Waals surface area contributed by atoms with E-state index in [0.29, 0.717) is 25.1 Å². The lowest BCUT2D eigenvalue weighted by molar-refractivity contribution is -0.137. The standard InChI is InChI=1S/C20H25N3O4/c21-15-17(14-16-5-7-18(24)8-6-16)20(27)23-12-10-22(11-13-23)9-3-1-2-4-19(25)26/h5-8,14,24H,1-4,9-13H2,(H,25,26)/b17-14-. The Morgan fingerprint density at radius 1 is 1.07 bits per heavy atom. The zero-order valence-corrected chi connectivity index (χ0v) is 15.3. The number of aliphatic carboxylic acids is 1. The number of aromatic hydroxyl groups is 1. The minimum Gasteiger partial charge on any atom is -0.508 e. The van der Waals surface area contributed by atoms with Crippen molar-refractivity contribution in [3.8, 4) is 11.8 Å². The summed E-state index contributed by atoms with van der Waals surface area (Å²) in [5, 5.41) is 27.3. The van der Waals surface area contributed by atoms with Crippen molar-refractivity contribution < 1.29 is 19.8 Å². The third kappa shape index (κ3) is 6.76. The van der Waals surface area contributed by atoms with Crippen molar-refractivity contribution in [1.82, 2.24) is 9.80 Å². The molecule has 1 saturated heterocycles. The van der Waals surface area contributed by atoms with Crippen LogP contribution in [-0.4, -0.2) is 64.6 Å². The smallest absolute Gasteiger partial charge is 0.303 e. The summed E-state index contributed by atoms with van der Waals surface area (Å²) in [6.07, 6.45) is 4.29. The van der Waals surface area contributed by atoms with E-state index in [1.165, 1.54) is 18.2 Å². The van der Waals surface area contributed by atoms with Crippen molar-refractivity contribution in [3.05, 3.63) is 35.4 Å². The summed E-state index contributed by atoms with van der Waals surface area (Å²) >= 11 is 0. The molecule has 1 heterocycles. The van der Waals surface area contributed by atoms with Gasteiger partial charge in [0.2, 0.25) is 0 Å². The minimum absolute atomic E-state index is 0.0859. The van der Waals surface area contributed by atoms with Crippen LogP contribution in [0.5, 0.6) is 5.75 Å². The monoisotopic (exact) mass is 371 g/mol. The van der Waals surface area contributed by atoms with Crippen LogP contribution in [-0.2, 0) is 9.59 Å². The van der Waals surface area contributed by atoms with E-state index < -0.39 is 5.97 Å². The molecule has 0 atom stereocenters. The van der Waals surface area contributed by atoms with Crippen molar-refractivity contribution in [2.45, 2.75) is 25.7 Å². The zero-order chi connectivity index (χ0) is 19.6. The van der Waals surface area contributed by atoms with Gasteiger partial charge in [-0.2, -0.15) is 5.26 Å². The van der Waals surface area contributed by atoms with Crippen LogP contribution in [0.1, 0.15) is 31.2 Å². The van der Waals surface area contributed by atoms with Gasteiger partial charge in [0.05, 0.1) is 0 Å². The number of phenols is 1. The molecule has 0 radical (unpaired) electrons. The molecule has 0 bridgehead atoms. The number of hydrogen-bond donors (Lipinski definition) is 2. The molecule has 1 aliphatic rings. The number of carbonyl (C=O) groups is 2. The maximum absolute atomic E-state index is 12.6. The molecule has 0 aliphatic carbocycles. The quantitative estimate of drug-likeness (QED) is 0.412. The first-order chi connectivity index (χ1) is 13.0. The number of rotatable bonds is 8. The maximum atomic E-state index is 12.6. The normalized spacial score (nSPS) is 15.4. The van der Waals surface area contributed by atoms with Gasteiger partial charge in [-0.05, 0) is 43.2 Å². The highest BCUT2D eigenvalue weighted by atomic mass is 16.4. The Labute approximate surface area is 159 Å². The second kappa shape index (κ2) is 10.3. The topological polar surface area (TPSA) is 105 Å². The first kappa shape index (κ1) is 20.5. The van der Waals surface area contributed by atoms with Crippen LogP contribution in [0.3, 0.4) is 0 Å². The highest BCUT2D eigenvalue weighted by molar-refractivity contribution is 6.01. The molecule has 0 spiro atoms. The molecule has 1 amide bonds. The summed E-state index contributed by atoms with van der Waals surface area (Å²) in [6, 6.07) is 8.32. The van der Waals surface area contributed by atoms with Crippen LogP contribution in [0.15, 0.2) is 29.8 Å². The predicted molar refractivity (Wildman–Crippen MR) is 101 cm³/mol. The molecule has 2 rings (SSSR count). The summed E-state index contributed by atoms with van der Waals surface area (Å²) in [5.41, 5.74) is 0.778. The highest BCUT2D eigenvalue weighted by Gasteiger charge is 2.23. The average Bonchev–Trinajstić information content (AvgIpc) is 2.67. The zero-order valence-electron chi connectivity index (χ0n) is 15.3. The number of unbranched alkanes of at least 4 members (excludes halogenated alkanes) is 2. The third-order valence-electron chi connectivity index (χ3n) is 4.58. The van der Waals surface area contributed by atoms with Crippen molar-refractivity contribution in [1.29, 1.82) is 5.26 Å². The van der Waals surface area contributed by atoms with E-state index in [-0.39, 0.29) is 23.7 Å².